The number of amides is 5. The van der Waals surface area contributed by atoms with Gasteiger partial charge in [0, 0.05) is 64.8 Å². The van der Waals surface area contributed by atoms with Crippen molar-refractivity contribution in [2.45, 2.75) is 267 Å². The maximum atomic E-state index is 11.8. The van der Waals surface area contributed by atoms with Crippen LogP contribution in [-0.4, -0.2) is 119 Å². The lowest BCUT2D eigenvalue weighted by atomic mass is 9.33. The summed E-state index contributed by atoms with van der Waals surface area (Å²) in [6, 6.07) is 0. The van der Waals surface area contributed by atoms with Crippen LogP contribution < -0.4 is 43.8 Å². The van der Waals surface area contributed by atoms with Gasteiger partial charge in [-0.05, 0) is 201 Å². The van der Waals surface area contributed by atoms with E-state index in [-0.39, 0.29) is 84.4 Å². The zero-order chi connectivity index (χ0) is 58.0. The Kier molecular flexibility index (Phi) is 12.7. The van der Waals surface area contributed by atoms with E-state index in [1.165, 1.54) is 13.8 Å². The molecule has 21 nitrogen and oxygen atoms in total. The van der Waals surface area contributed by atoms with Gasteiger partial charge in [0.2, 0.25) is 17.7 Å². The van der Waals surface area contributed by atoms with Crippen molar-refractivity contribution in [1.82, 2.24) is 26.6 Å². The summed E-state index contributed by atoms with van der Waals surface area (Å²) in [6.45, 7) is 18.9. The molecule has 21 heteroatoms. The van der Waals surface area contributed by atoms with Crippen LogP contribution in [-0.2, 0) is 43.0 Å². The highest BCUT2D eigenvalue weighted by atomic mass is 16.6. The number of hydrogen-bond acceptors (Lipinski definition) is 14. The molecule has 0 aromatic rings. The highest BCUT2D eigenvalue weighted by Crippen LogP contribution is 3.06. The van der Waals surface area contributed by atoms with E-state index < -0.39 is 46.2 Å². The summed E-state index contributed by atoms with van der Waals surface area (Å²) in [4.78, 5) is 98.9. The number of carbonyl (C=O) groups is 9. The number of nitrogens with two attached hydrogens (primary N) is 3. The number of carboxylic acid groups (broad SMARTS) is 2. The van der Waals surface area contributed by atoms with Crippen molar-refractivity contribution >= 4 is 53.4 Å². The van der Waals surface area contributed by atoms with Crippen molar-refractivity contribution < 1.29 is 62.8 Å². The molecule has 21 saturated carbocycles. The molecule has 0 unspecified atom stereocenters. The molecule has 434 valence electrons. The predicted molar refractivity (Wildman–Crippen MR) is 283 cm³/mol. The summed E-state index contributed by atoms with van der Waals surface area (Å²) in [5.41, 5.74) is 17.2. The van der Waals surface area contributed by atoms with Crippen LogP contribution in [0.5, 0.6) is 0 Å². The average molecular weight is 1090 g/mol. The fourth-order valence-corrected chi connectivity index (χ4v) is 16.6. The van der Waals surface area contributed by atoms with Crippen molar-refractivity contribution in [3.8, 4) is 0 Å². The molecular weight excluding hydrogens is 1000 g/mol. The number of aliphatic carboxylic acids is 2. The van der Waals surface area contributed by atoms with Gasteiger partial charge in [0.15, 0.2) is 0 Å². The lowest BCUT2D eigenvalue weighted by Gasteiger charge is -2.70. The van der Waals surface area contributed by atoms with Crippen molar-refractivity contribution in [2.75, 3.05) is 0 Å². The molecule has 0 aromatic carbocycles. The molecule has 0 aromatic heterocycles. The first-order chi connectivity index (χ1) is 35.3. The minimum absolute atomic E-state index is 0.0221. The fourth-order valence-electron chi connectivity index (χ4n) is 16.6. The third-order valence-corrected chi connectivity index (χ3v) is 20.3. The smallest absolute Gasteiger partial charge is 0.408 e. The van der Waals surface area contributed by atoms with E-state index >= 15 is 0 Å². The summed E-state index contributed by atoms with van der Waals surface area (Å²) >= 11 is 0. The second-order valence-corrected chi connectivity index (χ2v) is 30.9. The summed E-state index contributed by atoms with van der Waals surface area (Å²) in [7, 11) is 0. The largest absolute Gasteiger partial charge is 0.481 e. The molecule has 12 bridgehead atoms. The summed E-state index contributed by atoms with van der Waals surface area (Å²) in [5.74, 6) is -0.989. The fraction of sp³-hybridized carbons (Fsp3) is 0.842. The van der Waals surface area contributed by atoms with Gasteiger partial charge < -0.3 is 63.5 Å². The number of carbonyl (C=O) groups excluding carboxylic acids is 7. The molecule has 21 aliphatic carbocycles. The molecule has 0 radical (unpaired) electrons. The van der Waals surface area contributed by atoms with Crippen LogP contribution in [0.4, 0.5) is 9.59 Å². The van der Waals surface area contributed by atoms with Crippen LogP contribution in [0.2, 0.25) is 0 Å². The third-order valence-electron chi connectivity index (χ3n) is 20.3. The third kappa shape index (κ3) is 10.4. The minimum atomic E-state index is -0.833. The Labute approximate surface area is 457 Å². The van der Waals surface area contributed by atoms with Crippen LogP contribution in [0.1, 0.15) is 211 Å². The Bertz CT molecular complexity index is 2330. The van der Waals surface area contributed by atoms with Crippen molar-refractivity contribution in [3.63, 3.8) is 0 Å². The molecule has 0 heterocycles. The van der Waals surface area contributed by atoms with E-state index in [4.69, 9.17) is 36.9 Å². The molecule has 5 amide bonds. The van der Waals surface area contributed by atoms with Gasteiger partial charge in [-0.3, -0.25) is 33.6 Å². The van der Waals surface area contributed by atoms with Gasteiger partial charge in [-0.25, -0.2) is 9.59 Å². The number of ketones is 2. The molecular formula is C57H88N8O13. The summed E-state index contributed by atoms with van der Waals surface area (Å²) in [5, 5.41) is 31.9. The quantitative estimate of drug-likeness (QED) is 0.148. The van der Waals surface area contributed by atoms with E-state index in [0.717, 1.165) is 107 Å². The Morgan fingerprint density at radius 1 is 0.346 bits per heavy atom. The number of alkyl carbamates (subject to hydrolysis) is 2. The van der Waals surface area contributed by atoms with Crippen LogP contribution >= 0.6 is 0 Å². The number of hydrogen-bond donors (Lipinski definition) is 10. The number of rotatable bonds is 9. The van der Waals surface area contributed by atoms with Crippen molar-refractivity contribution in [2.24, 2.45) is 49.7 Å². The second kappa shape index (κ2) is 17.1. The standard InChI is InChI=1S/C15H26N2O4.C9H14N2O2.C9H12O2.C7H12N2O.C7H8O4.C5H10N2.C5H6/c1-12(2,3)20-10(18)16-14-7-15(8-14,9-14)17-11(19)21-13(4,5)6;1-6(12)10-8-3-9(4-8,5-8)11-7(2)13;1-6(10)8-3-9(4-8,5-8)7(2)11;1-5(10)9-7-2-6(8,3-7)4-7;8-4(9)6-1-7(2-6,3-6)5(10)11;6-4-1-5(7,2-4)3-4;1-4-2-5(1,4)3-4/h7-9H2,1-6H3,(H,16,18)(H,17,19);3-5H2,1-2H3,(H,10,12)(H,11,13);3-5H2,1-2H3;2-4,8H2,1H3,(H,9,10);1-3H2,(H,8,9)(H,10,11);1-3,6-7H2;1-3H2. The Hall–Kier alpha value is -4.89. The Balaban J connectivity index is 0.000000114. The Morgan fingerprint density at radius 3 is 0.731 bits per heavy atom. The monoisotopic (exact) mass is 1090 g/mol. The molecule has 21 rings (SSSR count). The van der Waals surface area contributed by atoms with Crippen molar-refractivity contribution in [1.29, 1.82) is 0 Å². The van der Waals surface area contributed by atoms with Crippen LogP contribution in [0.15, 0.2) is 0 Å². The zero-order valence-corrected chi connectivity index (χ0v) is 48.0. The lowest BCUT2D eigenvalue weighted by molar-refractivity contribution is -0.230. The van der Waals surface area contributed by atoms with Gasteiger partial charge in [0.1, 0.15) is 22.8 Å². The molecule has 78 heavy (non-hydrogen) atoms. The predicted octanol–water partition coefficient (Wildman–Crippen LogP) is 4.81. The van der Waals surface area contributed by atoms with E-state index in [2.05, 4.69) is 26.6 Å². The van der Waals surface area contributed by atoms with Crippen LogP contribution in [0, 0.1) is 32.5 Å². The SMILES string of the molecule is C1C23CC12C3.CC(=O)C12CC(C(C)=O)(C1)C2.CC(=O)NC12CC(N)(C1)C2.CC(=O)NC12CC(NC(C)=O)(C1)C2.CC(C)(C)OC(=O)NC12CC(NC(=O)OC(C)(C)C)(C1)C2.NC12CC(N)(C1)C2.O=C(O)C12CC(C(=O)O)(C1)C2. The minimum Gasteiger partial charge on any atom is -0.481 e. The first-order valence-corrected chi connectivity index (χ1v) is 28.1. The lowest BCUT2D eigenvalue weighted by Crippen LogP contribution is -2.84. The van der Waals surface area contributed by atoms with Gasteiger partial charge >= 0.3 is 24.1 Å². The highest BCUT2D eigenvalue weighted by molar-refractivity contribution is 5.95. The Morgan fingerprint density at radius 2 is 0.564 bits per heavy atom. The first kappa shape index (κ1) is 57.8. The molecule has 13 N–H and O–H groups in total. The van der Waals surface area contributed by atoms with Gasteiger partial charge in [-0.15, -0.1) is 0 Å². The topological polar surface area (TPSA) is 351 Å². The van der Waals surface area contributed by atoms with Crippen LogP contribution in [0.3, 0.4) is 0 Å². The van der Waals surface area contributed by atoms with Gasteiger partial charge in [-0.2, -0.15) is 0 Å². The zero-order valence-electron chi connectivity index (χ0n) is 48.0. The molecule has 21 fully saturated rings. The molecule has 21 aliphatic rings. The normalized spacial score (nSPS) is 45.8. The van der Waals surface area contributed by atoms with E-state index in [1.807, 2.05) is 41.5 Å². The molecule has 0 spiro atoms. The number of nitrogens with one attached hydrogen (secondary N) is 5. The number of ether oxygens (including phenoxy) is 2. The van der Waals surface area contributed by atoms with E-state index in [0.29, 0.717) is 19.3 Å². The van der Waals surface area contributed by atoms with Gasteiger partial charge in [0.25, 0.3) is 0 Å². The first-order valence-electron chi connectivity index (χ1n) is 28.1. The second-order valence-electron chi connectivity index (χ2n) is 30.9. The number of Topliss-reactive ketones (excluding diaryl/α,β-unsaturated/α-hetero) is 2. The van der Waals surface area contributed by atoms with E-state index in [1.54, 1.807) is 40.0 Å². The maximum Gasteiger partial charge on any atom is 0.408 e. The average Bonchev–Trinajstić information content (AvgIpc) is 3.98. The summed E-state index contributed by atoms with van der Waals surface area (Å²) in [6.07, 6.45) is 18.7. The van der Waals surface area contributed by atoms with E-state index in [9.17, 15) is 43.2 Å². The highest BCUT2D eigenvalue weighted by Gasteiger charge is 2.97. The van der Waals surface area contributed by atoms with Gasteiger partial charge in [-0.1, -0.05) is 0 Å². The van der Waals surface area contributed by atoms with Crippen molar-refractivity contribution in [3.05, 3.63) is 0 Å². The van der Waals surface area contributed by atoms with Gasteiger partial charge in [0.05, 0.1) is 21.9 Å². The maximum absolute atomic E-state index is 11.8. The summed E-state index contributed by atoms with van der Waals surface area (Å²) < 4.78 is 10.5. The van der Waals surface area contributed by atoms with Crippen LogP contribution in [0.25, 0.3) is 0 Å². The molecule has 0 atom stereocenters. The number of carboxylic acids is 2. The molecule has 0 saturated heterocycles. The molecule has 0 aliphatic heterocycles.